The highest BCUT2D eigenvalue weighted by atomic mass is 29.2. The zero-order chi connectivity index (χ0) is 8.91. The largest absolute Gasteiger partial charge is 0.466 e. The van der Waals surface area contributed by atoms with E-state index in [4.69, 9.17) is 4.74 Å². The Balaban J connectivity index is 3.22. The first kappa shape index (κ1) is 10.9. The van der Waals surface area contributed by atoms with Crippen LogP contribution in [0.3, 0.4) is 0 Å². The molecule has 0 saturated heterocycles. The van der Waals surface area contributed by atoms with E-state index in [-0.39, 0.29) is 5.97 Å². The lowest BCUT2D eigenvalue weighted by atomic mass is 10.8. The Kier molecular flexibility index (Phi) is 4.67. The molecule has 0 heterocycles. The predicted octanol–water partition coefficient (Wildman–Crippen LogP) is 1.51. The van der Waals surface area contributed by atoms with Crippen molar-refractivity contribution in [1.29, 1.82) is 0 Å². The molecular formula is C7H16O2Si2. The Hall–Kier alpha value is -0.0962. The Bertz CT molecular complexity index is 129. The summed E-state index contributed by atoms with van der Waals surface area (Å²) < 4.78 is 4.83. The molecule has 0 aliphatic carbocycles. The SMILES string of the molecule is CC(=O)OCC[Si][Si](C)(C)C. The zero-order valence-corrected chi connectivity index (χ0v) is 9.73. The summed E-state index contributed by atoms with van der Waals surface area (Å²) in [5.74, 6) is -0.162. The normalized spacial score (nSPS) is 11.3. The van der Waals surface area contributed by atoms with Crippen LogP contribution in [0.4, 0.5) is 0 Å². The first-order valence-corrected chi connectivity index (χ1v) is 9.51. The van der Waals surface area contributed by atoms with Crippen LogP contribution in [0, 0.1) is 0 Å². The van der Waals surface area contributed by atoms with Crippen molar-refractivity contribution in [2.24, 2.45) is 0 Å². The third kappa shape index (κ3) is 9.90. The minimum Gasteiger partial charge on any atom is -0.466 e. The fourth-order valence-electron chi connectivity index (χ4n) is 0.621. The molecule has 11 heavy (non-hydrogen) atoms. The molecule has 0 aliphatic heterocycles. The maximum atomic E-state index is 10.4. The van der Waals surface area contributed by atoms with E-state index in [2.05, 4.69) is 19.6 Å². The number of hydrogen-bond donors (Lipinski definition) is 0. The van der Waals surface area contributed by atoms with Gasteiger partial charge >= 0.3 is 5.97 Å². The van der Waals surface area contributed by atoms with Crippen LogP contribution in [0.25, 0.3) is 0 Å². The van der Waals surface area contributed by atoms with Gasteiger partial charge in [-0.05, 0) is 6.04 Å². The monoisotopic (exact) mass is 188 g/mol. The van der Waals surface area contributed by atoms with Crippen molar-refractivity contribution in [3.05, 3.63) is 0 Å². The molecule has 4 heteroatoms. The lowest BCUT2D eigenvalue weighted by Crippen LogP contribution is -2.30. The smallest absolute Gasteiger partial charge is 0.302 e. The first-order chi connectivity index (χ1) is 4.92. The van der Waals surface area contributed by atoms with E-state index in [1.54, 1.807) is 0 Å². The quantitative estimate of drug-likeness (QED) is 0.380. The van der Waals surface area contributed by atoms with Crippen LogP contribution in [-0.4, -0.2) is 29.2 Å². The van der Waals surface area contributed by atoms with Crippen LogP contribution in [0.2, 0.25) is 25.7 Å². The molecule has 0 spiro atoms. The summed E-state index contributed by atoms with van der Waals surface area (Å²) in [6.45, 7) is 9.06. The van der Waals surface area contributed by atoms with Gasteiger partial charge in [0, 0.05) is 23.6 Å². The summed E-state index contributed by atoms with van der Waals surface area (Å²) in [4.78, 5) is 10.4. The number of rotatable bonds is 4. The van der Waals surface area contributed by atoms with Crippen LogP contribution < -0.4 is 0 Å². The number of ether oxygens (including phenoxy) is 1. The molecule has 0 aromatic carbocycles. The van der Waals surface area contributed by atoms with Crippen LogP contribution >= 0.6 is 0 Å². The average Bonchev–Trinajstić information content (AvgIpc) is 1.78. The third-order valence-electron chi connectivity index (χ3n) is 1.06. The molecular weight excluding hydrogens is 172 g/mol. The van der Waals surface area contributed by atoms with Gasteiger partial charge in [0.1, 0.15) is 0 Å². The van der Waals surface area contributed by atoms with Crippen molar-refractivity contribution in [2.75, 3.05) is 6.61 Å². The molecule has 0 aromatic heterocycles. The average molecular weight is 188 g/mol. The minimum absolute atomic E-state index is 0.162. The van der Waals surface area contributed by atoms with Crippen molar-refractivity contribution in [1.82, 2.24) is 0 Å². The number of hydrogen-bond acceptors (Lipinski definition) is 2. The van der Waals surface area contributed by atoms with Gasteiger partial charge in [0.15, 0.2) is 0 Å². The molecule has 2 radical (unpaired) electrons. The molecule has 0 aliphatic rings. The second kappa shape index (κ2) is 4.72. The van der Waals surface area contributed by atoms with Gasteiger partial charge in [0.05, 0.1) is 6.61 Å². The highest BCUT2D eigenvalue weighted by Crippen LogP contribution is 2.00. The van der Waals surface area contributed by atoms with E-state index in [1.807, 2.05) is 0 Å². The second-order valence-electron chi connectivity index (χ2n) is 3.52. The molecule has 0 atom stereocenters. The van der Waals surface area contributed by atoms with E-state index in [0.29, 0.717) is 6.61 Å². The van der Waals surface area contributed by atoms with Crippen LogP contribution in [0.15, 0.2) is 0 Å². The standard InChI is InChI=1S/C7H16O2Si2/c1-7(8)9-5-6-10-11(2,3)4/h5-6H2,1-4H3. The second-order valence-corrected chi connectivity index (χ2v) is 14.4. The van der Waals surface area contributed by atoms with E-state index in [9.17, 15) is 4.79 Å². The number of esters is 1. The molecule has 0 unspecified atom stereocenters. The van der Waals surface area contributed by atoms with Crippen molar-refractivity contribution in [3.63, 3.8) is 0 Å². The Labute approximate surface area is 71.9 Å². The Morgan fingerprint density at radius 3 is 2.36 bits per heavy atom. The van der Waals surface area contributed by atoms with Gasteiger partial charge in [-0.3, -0.25) is 4.79 Å². The maximum absolute atomic E-state index is 10.4. The van der Waals surface area contributed by atoms with Gasteiger partial charge in [-0.15, -0.1) is 0 Å². The Morgan fingerprint density at radius 1 is 1.45 bits per heavy atom. The van der Waals surface area contributed by atoms with Gasteiger partial charge in [0.25, 0.3) is 0 Å². The summed E-state index contributed by atoms with van der Waals surface area (Å²) in [7, 11) is 0.110. The summed E-state index contributed by atoms with van der Waals surface area (Å²) in [5, 5.41) is 0. The van der Waals surface area contributed by atoms with Gasteiger partial charge < -0.3 is 4.74 Å². The zero-order valence-electron chi connectivity index (χ0n) is 7.73. The van der Waals surface area contributed by atoms with Crippen LogP contribution in [-0.2, 0) is 9.53 Å². The summed E-state index contributed by atoms with van der Waals surface area (Å²) >= 11 is 0. The van der Waals surface area contributed by atoms with E-state index >= 15 is 0 Å². The minimum atomic E-state index is -0.893. The van der Waals surface area contributed by atoms with E-state index in [1.165, 1.54) is 6.92 Å². The van der Waals surface area contributed by atoms with Gasteiger partial charge in [-0.2, -0.15) is 0 Å². The lowest BCUT2D eigenvalue weighted by molar-refractivity contribution is -0.140. The fraction of sp³-hybridized carbons (Fsp3) is 0.857. The van der Waals surface area contributed by atoms with Gasteiger partial charge in [-0.1, -0.05) is 19.6 Å². The Morgan fingerprint density at radius 2 is 2.00 bits per heavy atom. The number of carbonyl (C=O) groups excluding carboxylic acids is 1. The topological polar surface area (TPSA) is 26.3 Å². The third-order valence-corrected chi connectivity index (χ3v) is 6.51. The summed E-state index contributed by atoms with van der Waals surface area (Å²) in [6, 6.07) is 1.05. The van der Waals surface area contributed by atoms with Crippen molar-refractivity contribution < 1.29 is 9.53 Å². The highest BCUT2D eigenvalue weighted by molar-refractivity contribution is 7.23. The molecule has 0 amide bonds. The van der Waals surface area contributed by atoms with E-state index < -0.39 is 7.59 Å². The van der Waals surface area contributed by atoms with Crippen molar-refractivity contribution in [3.8, 4) is 0 Å². The predicted molar refractivity (Wildman–Crippen MR) is 50.5 cm³/mol. The highest BCUT2D eigenvalue weighted by Gasteiger charge is 2.12. The lowest BCUT2D eigenvalue weighted by Gasteiger charge is -2.13. The first-order valence-electron chi connectivity index (χ1n) is 3.80. The van der Waals surface area contributed by atoms with Crippen LogP contribution in [0.1, 0.15) is 6.92 Å². The van der Waals surface area contributed by atoms with Crippen molar-refractivity contribution >= 4 is 22.6 Å². The van der Waals surface area contributed by atoms with Crippen molar-refractivity contribution in [2.45, 2.75) is 32.6 Å². The molecule has 0 fully saturated rings. The molecule has 0 N–H and O–H groups in total. The fourth-order valence-corrected chi connectivity index (χ4v) is 4.13. The summed E-state index contributed by atoms with van der Waals surface area (Å²) in [6.07, 6.45) is 0. The molecule has 0 saturated carbocycles. The van der Waals surface area contributed by atoms with Crippen LogP contribution in [0.5, 0.6) is 0 Å². The van der Waals surface area contributed by atoms with E-state index in [0.717, 1.165) is 15.1 Å². The molecule has 64 valence electrons. The summed E-state index contributed by atoms with van der Waals surface area (Å²) in [5.41, 5.74) is 0. The van der Waals surface area contributed by atoms with Gasteiger partial charge in [-0.25, -0.2) is 0 Å². The molecule has 0 aromatic rings. The molecule has 0 rings (SSSR count). The number of carbonyl (C=O) groups is 1. The molecule has 0 bridgehead atoms. The molecule has 2 nitrogen and oxygen atoms in total. The van der Waals surface area contributed by atoms with Gasteiger partial charge in [0.2, 0.25) is 0 Å². The maximum Gasteiger partial charge on any atom is 0.302 e.